The van der Waals surface area contributed by atoms with Crippen molar-refractivity contribution in [1.29, 1.82) is 0 Å². The minimum absolute atomic E-state index is 0.653. The highest BCUT2D eigenvalue weighted by molar-refractivity contribution is 7.71. The Kier molecular flexibility index (Phi) is 4.48. The van der Waals surface area contributed by atoms with Crippen molar-refractivity contribution >= 4 is 12.2 Å². The minimum atomic E-state index is 0.653. The number of rotatable bonds is 4. The third-order valence-corrected chi connectivity index (χ3v) is 4.09. The maximum absolute atomic E-state index is 5.46. The van der Waals surface area contributed by atoms with Crippen LogP contribution >= 0.6 is 12.2 Å². The summed E-state index contributed by atoms with van der Waals surface area (Å²) in [5.74, 6) is 1.52. The zero-order valence-electron chi connectivity index (χ0n) is 13.1. The topological polar surface area (TPSA) is 39.9 Å². The summed E-state index contributed by atoms with van der Waals surface area (Å²) < 4.78 is 7.55. The molecule has 0 N–H and O–H groups in total. The molecule has 5 heteroatoms. The van der Waals surface area contributed by atoms with E-state index in [4.69, 9.17) is 17.0 Å². The van der Waals surface area contributed by atoms with Gasteiger partial charge in [-0.2, -0.15) is 5.10 Å². The van der Waals surface area contributed by atoms with Crippen LogP contribution in [0, 0.1) is 4.64 Å². The minimum Gasteiger partial charge on any atom is -0.497 e. The normalized spacial score (nSPS) is 10.5. The first kappa shape index (κ1) is 15.4. The summed E-state index contributed by atoms with van der Waals surface area (Å²) in [6.07, 6.45) is 0.666. The zero-order valence-corrected chi connectivity index (χ0v) is 13.9. The lowest BCUT2D eigenvalue weighted by Crippen LogP contribution is -2.08. The van der Waals surface area contributed by atoms with Gasteiger partial charge in [0.05, 0.1) is 12.8 Å². The van der Waals surface area contributed by atoms with Gasteiger partial charge in [-0.25, -0.2) is 4.98 Å². The largest absolute Gasteiger partial charge is 0.497 e. The summed E-state index contributed by atoms with van der Waals surface area (Å²) in [5, 5.41) is 4.45. The van der Waals surface area contributed by atoms with Gasteiger partial charge in [0.15, 0.2) is 5.82 Å². The third kappa shape index (κ3) is 3.46. The van der Waals surface area contributed by atoms with E-state index in [9.17, 15) is 0 Å². The number of aromatic nitrogens is 3. The summed E-state index contributed by atoms with van der Waals surface area (Å²) in [7, 11) is 3.51. The first-order chi connectivity index (χ1) is 11.2. The molecule has 1 aromatic heterocycles. The van der Waals surface area contributed by atoms with Crippen LogP contribution in [-0.2, 0) is 13.5 Å². The smallest absolute Gasteiger partial charge is 0.179 e. The van der Waals surface area contributed by atoms with Gasteiger partial charge in [0.1, 0.15) is 10.4 Å². The second kappa shape index (κ2) is 6.71. The van der Waals surface area contributed by atoms with Crippen LogP contribution in [0.3, 0.4) is 0 Å². The number of hydrogen-bond acceptors (Lipinski definition) is 4. The van der Waals surface area contributed by atoms with Gasteiger partial charge >= 0.3 is 0 Å². The molecule has 116 valence electrons. The van der Waals surface area contributed by atoms with Gasteiger partial charge in [-0.1, -0.05) is 54.7 Å². The van der Waals surface area contributed by atoms with E-state index in [1.165, 1.54) is 0 Å². The van der Waals surface area contributed by atoms with E-state index in [2.05, 4.69) is 10.1 Å². The maximum atomic E-state index is 5.46. The summed E-state index contributed by atoms with van der Waals surface area (Å²) in [6.45, 7) is 0. The summed E-state index contributed by atoms with van der Waals surface area (Å²) in [6, 6.07) is 17.9. The third-order valence-electron chi connectivity index (χ3n) is 3.59. The lowest BCUT2D eigenvalue weighted by atomic mass is 10.1. The van der Waals surface area contributed by atoms with Gasteiger partial charge in [0.2, 0.25) is 0 Å². The van der Waals surface area contributed by atoms with Crippen LogP contribution in [-0.4, -0.2) is 21.9 Å². The van der Waals surface area contributed by atoms with Crippen LogP contribution in [0.2, 0.25) is 0 Å². The van der Waals surface area contributed by atoms with E-state index in [-0.39, 0.29) is 0 Å². The molecule has 3 rings (SSSR count). The van der Waals surface area contributed by atoms with E-state index in [0.717, 1.165) is 22.6 Å². The van der Waals surface area contributed by atoms with Crippen molar-refractivity contribution in [3.05, 3.63) is 70.5 Å². The van der Waals surface area contributed by atoms with E-state index in [0.29, 0.717) is 16.9 Å². The Morgan fingerprint density at radius 2 is 1.74 bits per heavy atom. The Hall–Kier alpha value is -2.53. The maximum Gasteiger partial charge on any atom is 0.179 e. The Morgan fingerprint density at radius 1 is 1.04 bits per heavy atom. The fourth-order valence-corrected chi connectivity index (χ4v) is 2.49. The van der Waals surface area contributed by atoms with Crippen LogP contribution in [0.25, 0.3) is 11.4 Å². The van der Waals surface area contributed by atoms with Gasteiger partial charge in [0, 0.05) is 19.0 Å². The molecule has 0 unspecified atom stereocenters. The molecular formula is C18H17N3OS. The molecule has 0 atom stereocenters. The Bertz CT molecular complexity index is 858. The second-order valence-corrected chi connectivity index (χ2v) is 5.59. The van der Waals surface area contributed by atoms with Crippen molar-refractivity contribution < 1.29 is 4.74 Å². The lowest BCUT2D eigenvalue weighted by Gasteiger charge is -2.09. The highest BCUT2D eigenvalue weighted by atomic mass is 32.1. The molecule has 23 heavy (non-hydrogen) atoms. The van der Waals surface area contributed by atoms with Crippen molar-refractivity contribution in [2.45, 2.75) is 6.42 Å². The average molecular weight is 323 g/mol. The van der Waals surface area contributed by atoms with E-state index in [1.54, 1.807) is 11.8 Å². The molecule has 0 saturated carbocycles. The molecule has 0 aliphatic heterocycles. The Labute approximate surface area is 140 Å². The predicted molar refractivity (Wildman–Crippen MR) is 93.1 cm³/mol. The molecule has 0 amide bonds. The zero-order chi connectivity index (χ0) is 16.2. The highest BCUT2D eigenvalue weighted by Crippen LogP contribution is 2.18. The van der Waals surface area contributed by atoms with Gasteiger partial charge in [-0.3, -0.25) is 4.68 Å². The number of hydrogen-bond donors (Lipinski definition) is 0. The molecule has 0 saturated heterocycles. The van der Waals surface area contributed by atoms with Gasteiger partial charge in [-0.15, -0.1) is 0 Å². The summed E-state index contributed by atoms with van der Waals surface area (Å²) >= 11 is 5.46. The number of nitrogens with zero attached hydrogens (tertiary/aromatic N) is 3. The van der Waals surface area contributed by atoms with Crippen LogP contribution in [0.4, 0.5) is 0 Å². The Morgan fingerprint density at radius 3 is 2.39 bits per heavy atom. The van der Waals surface area contributed by atoms with Crippen molar-refractivity contribution in [3.8, 4) is 17.1 Å². The first-order valence-corrected chi connectivity index (χ1v) is 7.71. The molecule has 1 heterocycles. The lowest BCUT2D eigenvalue weighted by molar-refractivity contribution is 0.414. The molecule has 0 radical (unpaired) electrons. The van der Waals surface area contributed by atoms with Crippen LogP contribution in [0.1, 0.15) is 11.3 Å². The van der Waals surface area contributed by atoms with Crippen LogP contribution in [0.5, 0.6) is 5.75 Å². The van der Waals surface area contributed by atoms with E-state index >= 15 is 0 Å². The predicted octanol–water partition coefficient (Wildman–Crippen LogP) is 3.81. The molecule has 2 aromatic carbocycles. The van der Waals surface area contributed by atoms with Crippen LogP contribution < -0.4 is 4.74 Å². The van der Waals surface area contributed by atoms with Crippen molar-refractivity contribution in [3.63, 3.8) is 0 Å². The van der Waals surface area contributed by atoms with Gasteiger partial charge in [-0.05, 0) is 17.7 Å². The van der Waals surface area contributed by atoms with Crippen molar-refractivity contribution in [2.75, 3.05) is 7.11 Å². The quantitative estimate of drug-likeness (QED) is 0.685. The molecule has 3 aromatic rings. The fourth-order valence-electron chi connectivity index (χ4n) is 2.33. The number of ether oxygens (including phenoxy) is 1. The summed E-state index contributed by atoms with van der Waals surface area (Å²) in [5.41, 5.74) is 2.96. The molecular weight excluding hydrogens is 306 g/mol. The standard InChI is InChI=1S/C18H17N3OS/c1-21-18(23)16(12-13-8-10-15(22-2)11-9-13)19-17(20-21)14-6-4-3-5-7-14/h3-11H,12H2,1-2H3. The van der Waals surface area contributed by atoms with Crippen molar-refractivity contribution in [1.82, 2.24) is 14.8 Å². The average Bonchev–Trinajstić information content (AvgIpc) is 2.60. The molecule has 0 aliphatic rings. The second-order valence-electron chi connectivity index (χ2n) is 5.20. The monoisotopic (exact) mass is 323 g/mol. The molecule has 0 spiro atoms. The van der Waals surface area contributed by atoms with E-state index in [1.807, 2.05) is 61.6 Å². The fraction of sp³-hybridized carbons (Fsp3) is 0.167. The Balaban J connectivity index is 1.98. The SMILES string of the molecule is COc1ccc(Cc2nc(-c3ccccc3)nn(C)c2=S)cc1. The number of aryl methyl sites for hydroxylation is 1. The van der Waals surface area contributed by atoms with Crippen LogP contribution in [0.15, 0.2) is 54.6 Å². The molecule has 0 aliphatic carbocycles. The summed E-state index contributed by atoms with van der Waals surface area (Å²) in [4.78, 5) is 4.67. The van der Waals surface area contributed by atoms with Gasteiger partial charge < -0.3 is 4.74 Å². The number of benzene rings is 2. The molecule has 0 bridgehead atoms. The van der Waals surface area contributed by atoms with Crippen molar-refractivity contribution in [2.24, 2.45) is 7.05 Å². The van der Waals surface area contributed by atoms with E-state index < -0.39 is 0 Å². The number of methoxy groups -OCH3 is 1. The first-order valence-electron chi connectivity index (χ1n) is 7.30. The molecule has 4 nitrogen and oxygen atoms in total. The molecule has 0 fully saturated rings. The highest BCUT2D eigenvalue weighted by Gasteiger charge is 2.08. The van der Waals surface area contributed by atoms with Gasteiger partial charge in [0.25, 0.3) is 0 Å².